The lowest BCUT2D eigenvalue weighted by molar-refractivity contribution is -0.121. The highest BCUT2D eigenvalue weighted by Crippen LogP contribution is 2.35. The van der Waals surface area contributed by atoms with Crippen LogP contribution in [0, 0.1) is 5.92 Å². The Labute approximate surface area is 96.1 Å². The third kappa shape index (κ3) is 1.90. The summed E-state index contributed by atoms with van der Waals surface area (Å²) in [6.07, 6.45) is 4.32. The lowest BCUT2D eigenvalue weighted by Crippen LogP contribution is -2.35. The lowest BCUT2D eigenvalue weighted by Gasteiger charge is -2.25. The number of carbonyl (C=O) groups is 1. The second-order valence-corrected chi connectivity index (χ2v) is 4.95. The summed E-state index contributed by atoms with van der Waals surface area (Å²) in [6.45, 7) is 0.929. The highest BCUT2D eigenvalue weighted by molar-refractivity contribution is 5.86. The summed E-state index contributed by atoms with van der Waals surface area (Å²) < 4.78 is 0. The van der Waals surface area contributed by atoms with Crippen LogP contribution >= 0.6 is 0 Å². The van der Waals surface area contributed by atoms with E-state index in [4.69, 9.17) is 0 Å². The van der Waals surface area contributed by atoms with Crippen molar-refractivity contribution in [3.63, 3.8) is 0 Å². The maximum absolute atomic E-state index is 12.1. The van der Waals surface area contributed by atoms with Gasteiger partial charge >= 0.3 is 0 Å². The zero-order chi connectivity index (χ0) is 11.0. The van der Waals surface area contributed by atoms with E-state index in [2.05, 4.69) is 23.5 Å². The highest BCUT2D eigenvalue weighted by Gasteiger charge is 2.31. The van der Waals surface area contributed by atoms with Crippen molar-refractivity contribution in [2.45, 2.75) is 31.7 Å². The number of carbonyl (C=O) groups excluding carboxylic acids is 1. The summed E-state index contributed by atoms with van der Waals surface area (Å²) in [4.78, 5) is 12.1. The first-order valence-electron chi connectivity index (χ1n) is 6.18. The van der Waals surface area contributed by atoms with Crippen molar-refractivity contribution in [2.24, 2.45) is 5.92 Å². The molecule has 0 spiro atoms. The van der Waals surface area contributed by atoms with Gasteiger partial charge in [0.25, 0.3) is 0 Å². The van der Waals surface area contributed by atoms with Gasteiger partial charge in [-0.3, -0.25) is 4.79 Å². The van der Waals surface area contributed by atoms with E-state index in [-0.39, 0.29) is 6.04 Å². The number of hydrogen-bond acceptors (Lipinski definition) is 2. The zero-order valence-corrected chi connectivity index (χ0v) is 9.41. The van der Waals surface area contributed by atoms with Crippen molar-refractivity contribution in [1.82, 2.24) is 5.32 Å². The Balaban J connectivity index is 1.82. The molecule has 1 fully saturated rings. The predicted molar refractivity (Wildman–Crippen MR) is 63.2 cm³/mol. The Morgan fingerprint density at radius 1 is 1.31 bits per heavy atom. The molecule has 1 atom stereocenters. The molecule has 1 heterocycles. The molecular weight excluding hydrogens is 198 g/mol. The van der Waals surface area contributed by atoms with Gasteiger partial charge in [0.05, 0.1) is 6.04 Å². The molecular formula is C14H17NO. The standard InChI is InChI=1S/C14H17NO/c16-13(9-10-5-6-10)14-12-4-2-1-3-11(12)7-8-15-14/h1-4,10,14-15H,5-9H2. The van der Waals surface area contributed by atoms with Gasteiger partial charge in [0.15, 0.2) is 5.78 Å². The number of hydrogen-bond donors (Lipinski definition) is 1. The molecule has 1 saturated carbocycles. The van der Waals surface area contributed by atoms with Crippen molar-refractivity contribution in [1.29, 1.82) is 0 Å². The maximum Gasteiger partial charge on any atom is 0.154 e. The molecule has 2 nitrogen and oxygen atoms in total. The Hall–Kier alpha value is -1.15. The number of fused-ring (bicyclic) bond motifs is 1. The lowest BCUT2D eigenvalue weighted by atomic mass is 9.90. The van der Waals surface area contributed by atoms with Gasteiger partial charge in [0.2, 0.25) is 0 Å². The molecule has 0 radical (unpaired) electrons. The molecule has 1 N–H and O–H groups in total. The van der Waals surface area contributed by atoms with Crippen molar-refractivity contribution in [3.8, 4) is 0 Å². The molecule has 2 aliphatic rings. The molecule has 16 heavy (non-hydrogen) atoms. The third-order valence-corrected chi connectivity index (χ3v) is 3.62. The molecule has 2 heteroatoms. The Morgan fingerprint density at radius 2 is 2.12 bits per heavy atom. The van der Waals surface area contributed by atoms with Crippen LogP contribution < -0.4 is 5.32 Å². The van der Waals surface area contributed by atoms with Crippen molar-refractivity contribution in [2.75, 3.05) is 6.54 Å². The molecule has 0 bridgehead atoms. The summed E-state index contributed by atoms with van der Waals surface area (Å²) in [7, 11) is 0. The molecule has 3 rings (SSSR count). The van der Waals surface area contributed by atoms with Gasteiger partial charge in [-0.1, -0.05) is 24.3 Å². The number of rotatable bonds is 3. The van der Waals surface area contributed by atoms with Gasteiger partial charge in [0, 0.05) is 13.0 Å². The van der Waals surface area contributed by atoms with Crippen LogP contribution in [0.15, 0.2) is 24.3 Å². The van der Waals surface area contributed by atoms with E-state index in [9.17, 15) is 4.79 Å². The van der Waals surface area contributed by atoms with Crippen LogP contribution in [0.3, 0.4) is 0 Å². The molecule has 84 valence electrons. The normalized spacial score (nSPS) is 23.9. The van der Waals surface area contributed by atoms with Crippen LogP contribution in [0.25, 0.3) is 0 Å². The minimum atomic E-state index is -0.0365. The Kier molecular flexibility index (Phi) is 2.52. The van der Waals surface area contributed by atoms with E-state index in [1.54, 1.807) is 0 Å². The first-order chi connectivity index (χ1) is 7.84. The number of ketones is 1. The maximum atomic E-state index is 12.1. The molecule has 0 saturated heterocycles. The summed E-state index contributed by atoms with van der Waals surface area (Å²) in [5.74, 6) is 1.07. The minimum Gasteiger partial charge on any atom is -0.303 e. The van der Waals surface area contributed by atoms with Gasteiger partial charge in [0.1, 0.15) is 0 Å². The number of Topliss-reactive ketones (excluding diaryl/α,β-unsaturated/α-hetero) is 1. The highest BCUT2D eigenvalue weighted by atomic mass is 16.1. The van der Waals surface area contributed by atoms with Crippen molar-refractivity contribution < 1.29 is 4.79 Å². The fourth-order valence-electron chi connectivity index (χ4n) is 2.52. The summed E-state index contributed by atoms with van der Waals surface area (Å²) in [6, 6.07) is 8.30. The monoisotopic (exact) mass is 215 g/mol. The topological polar surface area (TPSA) is 29.1 Å². The van der Waals surface area contributed by atoms with Gasteiger partial charge in [-0.15, -0.1) is 0 Å². The summed E-state index contributed by atoms with van der Waals surface area (Å²) in [5.41, 5.74) is 2.55. The van der Waals surface area contributed by atoms with Gasteiger partial charge in [-0.2, -0.15) is 0 Å². The van der Waals surface area contributed by atoms with E-state index in [1.807, 2.05) is 6.07 Å². The SMILES string of the molecule is O=C(CC1CC1)C1NCCc2ccccc21. The van der Waals surface area contributed by atoms with E-state index >= 15 is 0 Å². The van der Waals surface area contributed by atoms with E-state index in [0.29, 0.717) is 11.7 Å². The molecule has 1 aromatic rings. The molecule has 1 aliphatic carbocycles. The fraction of sp³-hybridized carbons (Fsp3) is 0.500. The second-order valence-electron chi connectivity index (χ2n) is 4.95. The molecule has 1 unspecified atom stereocenters. The second kappa shape index (κ2) is 4.02. The van der Waals surface area contributed by atoms with Crippen LogP contribution in [0.1, 0.15) is 36.4 Å². The number of benzene rings is 1. The van der Waals surface area contributed by atoms with Crippen LogP contribution in [0.5, 0.6) is 0 Å². The van der Waals surface area contributed by atoms with E-state index in [1.165, 1.54) is 24.0 Å². The molecule has 0 aromatic heterocycles. The van der Waals surface area contributed by atoms with Gasteiger partial charge in [-0.25, -0.2) is 0 Å². The Bertz CT molecular complexity index is 409. The van der Waals surface area contributed by atoms with Crippen LogP contribution in [0.4, 0.5) is 0 Å². The molecule has 1 aromatic carbocycles. The zero-order valence-electron chi connectivity index (χ0n) is 9.41. The first-order valence-corrected chi connectivity index (χ1v) is 6.18. The van der Waals surface area contributed by atoms with Gasteiger partial charge < -0.3 is 5.32 Å². The Morgan fingerprint density at radius 3 is 2.94 bits per heavy atom. The average Bonchev–Trinajstić information content (AvgIpc) is 3.12. The third-order valence-electron chi connectivity index (χ3n) is 3.62. The summed E-state index contributed by atoms with van der Waals surface area (Å²) >= 11 is 0. The number of nitrogens with one attached hydrogen (secondary N) is 1. The average molecular weight is 215 g/mol. The molecule has 1 aliphatic heterocycles. The van der Waals surface area contributed by atoms with Crippen molar-refractivity contribution in [3.05, 3.63) is 35.4 Å². The predicted octanol–water partition coefficient (Wildman–Crippen LogP) is 2.24. The van der Waals surface area contributed by atoms with E-state index < -0.39 is 0 Å². The fourth-order valence-corrected chi connectivity index (χ4v) is 2.52. The smallest absolute Gasteiger partial charge is 0.154 e. The van der Waals surface area contributed by atoms with Gasteiger partial charge in [-0.05, 0) is 36.3 Å². The van der Waals surface area contributed by atoms with Crippen molar-refractivity contribution >= 4 is 5.78 Å². The van der Waals surface area contributed by atoms with Crippen LogP contribution in [0.2, 0.25) is 0 Å². The van der Waals surface area contributed by atoms with E-state index in [0.717, 1.165) is 19.4 Å². The van der Waals surface area contributed by atoms with Crippen LogP contribution in [-0.4, -0.2) is 12.3 Å². The largest absolute Gasteiger partial charge is 0.303 e. The summed E-state index contributed by atoms with van der Waals surface area (Å²) in [5, 5.41) is 3.36. The molecule has 0 amide bonds. The van der Waals surface area contributed by atoms with Crippen LogP contribution in [-0.2, 0) is 11.2 Å². The minimum absolute atomic E-state index is 0.0365. The first kappa shape index (κ1) is 10.0. The quantitative estimate of drug-likeness (QED) is 0.837.